The molecule has 0 amide bonds. The van der Waals surface area contributed by atoms with E-state index >= 15 is 0 Å². The maximum absolute atomic E-state index is 15.0. The first-order valence-corrected chi connectivity index (χ1v) is 9.75. The van der Waals surface area contributed by atoms with Crippen LogP contribution in [0.5, 0.6) is 0 Å². The van der Waals surface area contributed by atoms with Crippen LogP contribution in [0.1, 0.15) is 36.5 Å². The van der Waals surface area contributed by atoms with Crippen molar-refractivity contribution in [3.8, 4) is 11.3 Å². The second kappa shape index (κ2) is 7.70. The quantitative estimate of drug-likeness (QED) is 0.650. The van der Waals surface area contributed by atoms with Crippen LogP contribution in [0.15, 0.2) is 42.0 Å². The summed E-state index contributed by atoms with van der Waals surface area (Å²) in [7, 11) is 0. The van der Waals surface area contributed by atoms with Gasteiger partial charge in [0.2, 0.25) is 0 Å². The van der Waals surface area contributed by atoms with E-state index in [1.807, 2.05) is 11.8 Å². The predicted molar refractivity (Wildman–Crippen MR) is 110 cm³/mol. The summed E-state index contributed by atoms with van der Waals surface area (Å²) in [6.45, 7) is 4.36. The van der Waals surface area contributed by atoms with E-state index < -0.39 is 11.8 Å². The topological polar surface area (TPSA) is 87.8 Å². The van der Waals surface area contributed by atoms with E-state index in [1.165, 1.54) is 13.0 Å². The van der Waals surface area contributed by atoms with E-state index in [2.05, 4.69) is 10.1 Å². The molecule has 1 aliphatic rings. The third-order valence-electron chi connectivity index (χ3n) is 5.30. The standard InChI is InChI=1S/C22H21FN4O3/c1-3-15-11-19(13(2)28)24-21-12-20(25-27(15)21)17-5-4-16(10-18(17)23)26-8-6-14(7-9-26)22(29)30/h4-6,10-12H,3,7-9H2,1-2H3,(H,29,30). The van der Waals surface area contributed by atoms with Crippen LogP contribution >= 0.6 is 0 Å². The number of ketones is 1. The van der Waals surface area contributed by atoms with Gasteiger partial charge in [0.1, 0.15) is 11.5 Å². The van der Waals surface area contributed by atoms with Crippen LogP contribution in [0.25, 0.3) is 16.9 Å². The Kier molecular flexibility index (Phi) is 5.07. The summed E-state index contributed by atoms with van der Waals surface area (Å²) in [5, 5.41) is 13.6. The Morgan fingerprint density at radius 2 is 2.03 bits per heavy atom. The Hall–Kier alpha value is -3.55. The van der Waals surface area contributed by atoms with Gasteiger partial charge in [0.25, 0.3) is 0 Å². The van der Waals surface area contributed by atoms with E-state index in [4.69, 9.17) is 5.11 Å². The number of anilines is 1. The first-order valence-electron chi connectivity index (χ1n) is 9.75. The molecule has 4 rings (SSSR count). The molecule has 3 aromatic rings. The maximum atomic E-state index is 15.0. The molecule has 2 aromatic heterocycles. The molecule has 0 aliphatic carbocycles. The van der Waals surface area contributed by atoms with E-state index in [-0.39, 0.29) is 5.78 Å². The smallest absolute Gasteiger partial charge is 0.331 e. The van der Waals surface area contributed by atoms with Crippen molar-refractivity contribution in [2.45, 2.75) is 26.7 Å². The molecule has 3 heterocycles. The summed E-state index contributed by atoms with van der Waals surface area (Å²) in [6.07, 6.45) is 2.72. The maximum Gasteiger partial charge on any atom is 0.331 e. The SMILES string of the molecule is CCc1cc(C(C)=O)nc2cc(-c3ccc(N4CC=C(C(=O)O)CC4)cc3F)nn12. The molecule has 0 saturated heterocycles. The average molecular weight is 408 g/mol. The number of aryl methyl sites for hydroxylation is 1. The number of carbonyl (C=O) groups excluding carboxylic acids is 1. The fourth-order valence-corrected chi connectivity index (χ4v) is 3.61. The number of nitrogens with zero attached hydrogens (tertiary/aromatic N) is 4. The number of Topliss-reactive ketones (excluding diaryl/α,β-unsaturated/α-hetero) is 1. The normalized spacial score (nSPS) is 14.1. The van der Waals surface area contributed by atoms with Crippen LogP contribution in [-0.2, 0) is 11.2 Å². The minimum Gasteiger partial charge on any atom is -0.478 e. The van der Waals surface area contributed by atoms with Gasteiger partial charge in [-0.15, -0.1) is 0 Å². The van der Waals surface area contributed by atoms with Crippen LogP contribution in [-0.4, -0.2) is 44.5 Å². The number of hydrogen-bond donors (Lipinski definition) is 1. The highest BCUT2D eigenvalue weighted by Crippen LogP contribution is 2.28. The summed E-state index contributed by atoms with van der Waals surface area (Å²) < 4.78 is 16.6. The number of carbonyl (C=O) groups is 2. The van der Waals surface area contributed by atoms with Gasteiger partial charge >= 0.3 is 5.97 Å². The highest BCUT2D eigenvalue weighted by atomic mass is 19.1. The zero-order chi connectivity index (χ0) is 21.4. The van der Waals surface area contributed by atoms with Gasteiger partial charge in [-0.3, -0.25) is 4.79 Å². The molecule has 0 bridgehead atoms. The highest BCUT2D eigenvalue weighted by Gasteiger charge is 2.19. The Balaban J connectivity index is 1.67. The number of hydrogen-bond acceptors (Lipinski definition) is 5. The first kappa shape index (κ1) is 19.8. The predicted octanol–water partition coefficient (Wildman–Crippen LogP) is 3.52. The molecule has 154 valence electrons. The van der Waals surface area contributed by atoms with E-state index in [1.54, 1.807) is 34.9 Å². The minimum atomic E-state index is -0.906. The lowest BCUT2D eigenvalue weighted by Gasteiger charge is -2.27. The van der Waals surface area contributed by atoms with Crippen LogP contribution in [0.4, 0.5) is 10.1 Å². The number of rotatable bonds is 5. The molecule has 1 aliphatic heterocycles. The van der Waals surface area contributed by atoms with Crippen LogP contribution in [0.2, 0.25) is 0 Å². The van der Waals surface area contributed by atoms with Gasteiger partial charge < -0.3 is 10.0 Å². The van der Waals surface area contributed by atoms with E-state index in [0.29, 0.717) is 59.8 Å². The summed E-state index contributed by atoms with van der Waals surface area (Å²) in [5.74, 6) is -1.46. The van der Waals surface area contributed by atoms with Gasteiger partial charge in [-0.25, -0.2) is 18.7 Å². The fraction of sp³-hybridized carbons (Fsp3) is 0.273. The van der Waals surface area contributed by atoms with Crippen molar-refractivity contribution in [3.63, 3.8) is 0 Å². The molecule has 0 unspecified atom stereocenters. The molecule has 0 atom stereocenters. The van der Waals surface area contributed by atoms with Crippen molar-refractivity contribution in [2.75, 3.05) is 18.0 Å². The monoisotopic (exact) mass is 408 g/mol. The van der Waals surface area contributed by atoms with Crippen molar-refractivity contribution in [1.82, 2.24) is 14.6 Å². The van der Waals surface area contributed by atoms with Gasteiger partial charge in [-0.2, -0.15) is 5.10 Å². The molecule has 8 heteroatoms. The fourth-order valence-electron chi connectivity index (χ4n) is 3.61. The number of benzene rings is 1. The molecule has 0 fully saturated rings. The lowest BCUT2D eigenvalue weighted by Crippen LogP contribution is -2.30. The Morgan fingerprint density at radius 1 is 1.23 bits per heavy atom. The summed E-state index contributed by atoms with van der Waals surface area (Å²) >= 11 is 0. The number of aliphatic carboxylic acids is 1. The zero-order valence-corrected chi connectivity index (χ0v) is 16.7. The van der Waals surface area contributed by atoms with Gasteiger partial charge in [0.15, 0.2) is 11.4 Å². The molecule has 1 aromatic carbocycles. The second-order valence-corrected chi connectivity index (χ2v) is 7.24. The molecule has 30 heavy (non-hydrogen) atoms. The van der Waals surface area contributed by atoms with Crippen LogP contribution < -0.4 is 4.90 Å². The number of aromatic nitrogens is 3. The number of fused-ring (bicyclic) bond motifs is 1. The average Bonchev–Trinajstić information content (AvgIpc) is 3.16. The van der Waals surface area contributed by atoms with Crippen molar-refractivity contribution in [2.24, 2.45) is 0 Å². The van der Waals surface area contributed by atoms with Crippen molar-refractivity contribution in [1.29, 1.82) is 0 Å². The van der Waals surface area contributed by atoms with E-state index in [9.17, 15) is 14.0 Å². The largest absolute Gasteiger partial charge is 0.478 e. The van der Waals surface area contributed by atoms with Crippen molar-refractivity contribution < 1.29 is 19.1 Å². The zero-order valence-electron chi connectivity index (χ0n) is 16.7. The Labute approximate surface area is 172 Å². The highest BCUT2D eigenvalue weighted by molar-refractivity contribution is 5.92. The van der Waals surface area contributed by atoms with Crippen LogP contribution in [0.3, 0.4) is 0 Å². The molecule has 0 saturated carbocycles. The van der Waals surface area contributed by atoms with Gasteiger partial charge in [-0.05, 0) is 37.1 Å². The Morgan fingerprint density at radius 3 is 2.63 bits per heavy atom. The molecular formula is C22H21FN4O3. The van der Waals surface area contributed by atoms with Crippen LogP contribution in [0, 0.1) is 5.82 Å². The van der Waals surface area contributed by atoms with Crippen molar-refractivity contribution >= 4 is 23.1 Å². The first-order chi connectivity index (χ1) is 14.4. The molecule has 0 radical (unpaired) electrons. The van der Waals surface area contributed by atoms with E-state index in [0.717, 1.165) is 5.69 Å². The van der Waals surface area contributed by atoms with Gasteiger partial charge in [0.05, 0.1) is 5.69 Å². The molecular weight excluding hydrogens is 387 g/mol. The van der Waals surface area contributed by atoms with Crippen molar-refractivity contribution in [3.05, 3.63) is 59.2 Å². The minimum absolute atomic E-state index is 0.132. The number of carboxylic acid groups (broad SMARTS) is 1. The van der Waals surface area contributed by atoms with Gasteiger partial charge in [-0.1, -0.05) is 13.0 Å². The number of halogens is 1. The molecule has 1 N–H and O–H groups in total. The summed E-state index contributed by atoms with van der Waals surface area (Å²) in [4.78, 5) is 29.1. The third-order valence-corrected chi connectivity index (χ3v) is 5.30. The number of carboxylic acids is 1. The lowest BCUT2D eigenvalue weighted by molar-refractivity contribution is -0.132. The second-order valence-electron chi connectivity index (χ2n) is 7.24. The summed E-state index contributed by atoms with van der Waals surface area (Å²) in [6, 6.07) is 8.29. The Bertz CT molecular complexity index is 1200. The van der Waals surface area contributed by atoms with Gasteiger partial charge in [0, 0.05) is 48.6 Å². The third kappa shape index (κ3) is 3.56. The molecule has 0 spiro atoms. The lowest BCUT2D eigenvalue weighted by atomic mass is 10.1. The molecule has 7 nitrogen and oxygen atoms in total. The summed E-state index contributed by atoms with van der Waals surface area (Å²) in [5.41, 5.74) is 3.54.